The Kier molecular flexibility index (Phi) is 4.38. The Balaban J connectivity index is 0.000000980. The first kappa shape index (κ1) is 11.5. The van der Waals surface area contributed by atoms with Gasteiger partial charge in [-0.15, -0.1) is 12.4 Å². The van der Waals surface area contributed by atoms with E-state index in [1.807, 2.05) is 6.07 Å². The molecule has 2 rings (SSSR count). The van der Waals surface area contributed by atoms with Crippen LogP contribution in [-0.2, 0) is 0 Å². The Labute approximate surface area is 93.9 Å². The summed E-state index contributed by atoms with van der Waals surface area (Å²) in [6.07, 6.45) is 2.78. The highest BCUT2D eigenvalue weighted by atomic mass is 35.5. The van der Waals surface area contributed by atoms with Crippen molar-refractivity contribution < 1.29 is 0 Å². The molecule has 78 valence electrons. The third-order valence-corrected chi connectivity index (χ3v) is 2.22. The first-order valence-corrected chi connectivity index (χ1v) is 4.68. The van der Waals surface area contributed by atoms with Crippen LogP contribution in [-0.4, -0.2) is 29.1 Å². The van der Waals surface area contributed by atoms with E-state index in [2.05, 4.69) is 20.6 Å². The maximum atomic E-state index is 5.65. The Morgan fingerprint density at radius 3 is 3.07 bits per heavy atom. The van der Waals surface area contributed by atoms with Gasteiger partial charge in [-0.25, -0.2) is 9.97 Å². The predicted octanol–water partition coefficient (Wildman–Crippen LogP) is 1.33. The van der Waals surface area contributed by atoms with Crippen molar-refractivity contribution in [2.75, 3.05) is 18.4 Å². The van der Waals surface area contributed by atoms with Crippen LogP contribution in [0.15, 0.2) is 12.3 Å². The minimum absolute atomic E-state index is 0. The van der Waals surface area contributed by atoms with Gasteiger partial charge in [0.25, 0.3) is 0 Å². The fourth-order valence-corrected chi connectivity index (χ4v) is 1.55. The molecule has 1 atom stereocenters. The molecule has 2 N–H and O–H groups in total. The molecular weight excluding hydrogens is 223 g/mol. The van der Waals surface area contributed by atoms with Gasteiger partial charge in [0.1, 0.15) is 5.82 Å². The molecule has 1 fully saturated rings. The van der Waals surface area contributed by atoms with Crippen molar-refractivity contribution in [3.05, 3.63) is 17.5 Å². The van der Waals surface area contributed by atoms with E-state index in [9.17, 15) is 0 Å². The van der Waals surface area contributed by atoms with Crippen molar-refractivity contribution in [1.29, 1.82) is 0 Å². The average Bonchev–Trinajstić information content (AvgIpc) is 2.57. The zero-order valence-corrected chi connectivity index (χ0v) is 9.11. The van der Waals surface area contributed by atoms with Gasteiger partial charge in [0, 0.05) is 18.8 Å². The van der Waals surface area contributed by atoms with Crippen LogP contribution in [0.4, 0.5) is 5.82 Å². The second kappa shape index (κ2) is 5.34. The Hall–Kier alpha value is -0.580. The molecule has 0 aromatic carbocycles. The molecule has 2 heterocycles. The number of hydrogen-bond acceptors (Lipinski definition) is 4. The van der Waals surface area contributed by atoms with E-state index < -0.39 is 0 Å². The normalized spacial score (nSPS) is 20.2. The van der Waals surface area contributed by atoms with Gasteiger partial charge in [0.15, 0.2) is 0 Å². The Morgan fingerprint density at radius 2 is 2.43 bits per heavy atom. The summed E-state index contributed by atoms with van der Waals surface area (Å²) in [4.78, 5) is 7.87. The number of halogens is 2. The Bertz CT molecular complexity index is 288. The molecule has 0 bridgehead atoms. The molecule has 1 saturated heterocycles. The van der Waals surface area contributed by atoms with Crippen LogP contribution in [0.25, 0.3) is 0 Å². The summed E-state index contributed by atoms with van der Waals surface area (Å²) in [5.74, 6) is 0.800. The number of anilines is 1. The lowest BCUT2D eigenvalue weighted by Gasteiger charge is -2.11. The molecule has 4 nitrogen and oxygen atoms in total. The van der Waals surface area contributed by atoms with E-state index in [4.69, 9.17) is 11.6 Å². The van der Waals surface area contributed by atoms with Gasteiger partial charge in [0.2, 0.25) is 5.28 Å². The van der Waals surface area contributed by atoms with Crippen LogP contribution in [0.1, 0.15) is 6.42 Å². The quantitative estimate of drug-likeness (QED) is 0.759. The lowest BCUT2D eigenvalue weighted by Crippen LogP contribution is -2.22. The molecule has 1 aliphatic rings. The zero-order chi connectivity index (χ0) is 9.10. The highest BCUT2D eigenvalue weighted by Crippen LogP contribution is 2.09. The SMILES string of the molecule is Cl.Clc1nccc(N[C@H]2CCNC2)n1. The van der Waals surface area contributed by atoms with E-state index >= 15 is 0 Å². The monoisotopic (exact) mass is 234 g/mol. The standard InChI is InChI=1S/C8H11ClN4.ClH/c9-8-11-4-2-7(13-8)12-6-1-3-10-5-6;/h2,4,6,10H,1,3,5H2,(H,11,12,13);1H/t6-;/m0./s1. The number of hydrogen-bond donors (Lipinski definition) is 2. The first-order valence-electron chi connectivity index (χ1n) is 4.30. The summed E-state index contributed by atoms with van der Waals surface area (Å²) in [6.45, 7) is 2.05. The highest BCUT2D eigenvalue weighted by molar-refractivity contribution is 6.28. The van der Waals surface area contributed by atoms with E-state index in [1.54, 1.807) is 6.20 Å². The van der Waals surface area contributed by atoms with E-state index in [0.29, 0.717) is 6.04 Å². The van der Waals surface area contributed by atoms with Crippen LogP contribution in [0.5, 0.6) is 0 Å². The van der Waals surface area contributed by atoms with Crippen molar-refractivity contribution in [3.8, 4) is 0 Å². The number of rotatable bonds is 2. The van der Waals surface area contributed by atoms with Crippen molar-refractivity contribution >= 4 is 29.8 Å². The van der Waals surface area contributed by atoms with Gasteiger partial charge in [-0.2, -0.15) is 0 Å². The lowest BCUT2D eigenvalue weighted by atomic mass is 10.2. The molecule has 14 heavy (non-hydrogen) atoms. The van der Waals surface area contributed by atoms with Crippen LogP contribution < -0.4 is 10.6 Å². The van der Waals surface area contributed by atoms with Crippen molar-refractivity contribution in [2.45, 2.75) is 12.5 Å². The average molecular weight is 235 g/mol. The van der Waals surface area contributed by atoms with E-state index in [1.165, 1.54) is 0 Å². The summed E-state index contributed by atoms with van der Waals surface area (Å²) in [7, 11) is 0. The molecule has 1 aromatic rings. The summed E-state index contributed by atoms with van der Waals surface area (Å²) >= 11 is 5.65. The molecule has 0 aliphatic carbocycles. The third-order valence-electron chi connectivity index (χ3n) is 2.04. The van der Waals surface area contributed by atoms with Crippen LogP contribution in [0.2, 0.25) is 5.28 Å². The largest absolute Gasteiger partial charge is 0.366 e. The van der Waals surface area contributed by atoms with E-state index in [0.717, 1.165) is 25.3 Å². The minimum Gasteiger partial charge on any atom is -0.366 e. The maximum Gasteiger partial charge on any atom is 0.224 e. The molecule has 6 heteroatoms. The van der Waals surface area contributed by atoms with Crippen molar-refractivity contribution in [1.82, 2.24) is 15.3 Å². The number of nitrogens with zero attached hydrogens (tertiary/aromatic N) is 2. The summed E-state index contributed by atoms with van der Waals surface area (Å²) in [6, 6.07) is 2.29. The summed E-state index contributed by atoms with van der Waals surface area (Å²) in [5, 5.41) is 6.84. The van der Waals surface area contributed by atoms with Crippen LogP contribution >= 0.6 is 24.0 Å². The Morgan fingerprint density at radius 1 is 1.57 bits per heavy atom. The lowest BCUT2D eigenvalue weighted by molar-refractivity contribution is 0.787. The number of aromatic nitrogens is 2. The maximum absolute atomic E-state index is 5.65. The molecule has 1 aromatic heterocycles. The van der Waals surface area contributed by atoms with Gasteiger partial charge in [-0.3, -0.25) is 0 Å². The summed E-state index contributed by atoms with van der Waals surface area (Å²) < 4.78 is 0. The second-order valence-electron chi connectivity index (χ2n) is 3.04. The summed E-state index contributed by atoms with van der Waals surface area (Å²) in [5.41, 5.74) is 0. The highest BCUT2D eigenvalue weighted by Gasteiger charge is 2.14. The molecule has 0 radical (unpaired) electrons. The fourth-order valence-electron chi connectivity index (χ4n) is 1.40. The molecule has 0 unspecified atom stereocenters. The van der Waals surface area contributed by atoms with Gasteiger partial charge >= 0.3 is 0 Å². The van der Waals surface area contributed by atoms with Gasteiger partial charge < -0.3 is 10.6 Å². The molecule has 0 amide bonds. The van der Waals surface area contributed by atoms with Gasteiger partial charge in [0.05, 0.1) is 0 Å². The van der Waals surface area contributed by atoms with Gasteiger partial charge in [-0.1, -0.05) is 0 Å². The fraction of sp³-hybridized carbons (Fsp3) is 0.500. The van der Waals surface area contributed by atoms with Crippen molar-refractivity contribution in [3.63, 3.8) is 0 Å². The smallest absolute Gasteiger partial charge is 0.224 e. The zero-order valence-electron chi connectivity index (χ0n) is 7.53. The van der Waals surface area contributed by atoms with Crippen molar-refractivity contribution in [2.24, 2.45) is 0 Å². The van der Waals surface area contributed by atoms with E-state index in [-0.39, 0.29) is 17.7 Å². The number of nitrogens with one attached hydrogen (secondary N) is 2. The van der Waals surface area contributed by atoms with Crippen LogP contribution in [0.3, 0.4) is 0 Å². The predicted molar refractivity (Wildman–Crippen MR) is 59.2 cm³/mol. The third kappa shape index (κ3) is 2.97. The minimum atomic E-state index is 0. The van der Waals surface area contributed by atoms with Crippen LogP contribution in [0, 0.1) is 0 Å². The molecule has 1 aliphatic heterocycles. The van der Waals surface area contributed by atoms with Gasteiger partial charge in [-0.05, 0) is 30.6 Å². The molecule has 0 spiro atoms. The molecule has 0 saturated carbocycles. The molecular formula is C8H12Cl2N4. The topological polar surface area (TPSA) is 49.8 Å². The second-order valence-corrected chi connectivity index (χ2v) is 3.38. The first-order chi connectivity index (χ1) is 6.34.